The van der Waals surface area contributed by atoms with Crippen LogP contribution < -0.4 is 5.32 Å². The zero-order valence-electron chi connectivity index (χ0n) is 11.7. The molecule has 8 nitrogen and oxygen atoms in total. The molecule has 0 atom stereocenters. The quantitative estimate of drug-likeness (QED) is 0.586. The van der Waals surface area contributed by atoms with Crippen LogP contribution in [0.15, 0.2) is 59.0 Å². The minimum atomic E-state index is -0.536. The molecular weight excluding hydrogens is 300 g/mol. The lowest BCUT2D eigenvalue weighted by Gasteiger charge is -2.00. The summed E-state index contributed by atoms with van der Waals surface area (Å²) in [6.07, 6.45) is 0. The van der Waals surface area contributed by atoms with Gasteiger partial charge in [0, 0.05) is 23.3 Å². The Bertz CT molecular complexity index is 843. The van der Waals surface area contributed by atoms with Crippen molar-refractivity contribution in [2.45, 2.75) is 0 Å². The van der Waals surface area contributed by atoms with E-state index in [-0.39, 0.29) is 23.2 Å². The van der Waals surface area contributed by atoms with Crippen LogP contribution in [0.2, 0.25) is 0 Å². The van der Waals surface area contributed by atoms with Crippen molar-refractivity contribution in [2.75, 3.05) is 5.32 Å². The Morgan fingerprint density at radius 2 is 1.74 bits per heavy atom. The van der Waals surface area contributed by atoms with E-state index < -0.39 is 10.8 Å². The summed E-state index contributed by atoms with van der Waals surface area (Å²) in [5.74, 6) is -0.215. The van der Waals surface area contributed by atoms with E-state index in [1.807, 2.05) is 18.2 Å². The Labute approximate surface area is 129 Å². The molecule has 1 N–H and O–H groups in total. The third-order valence-electron chi connectivity index (χ3n) is 3.01. The molecule has 23 heavy (non-hydrogen) atoms. The second kappa shape index (κ2) is 6.06. The van der Waals surface area contributed by atoms with Gasteiger partial charge in [-0.1, -0.05) is 23.3 Å². The number of nitro benzene ring substituents is 1. The van der Waals surface area contributed by atoms with Gasteiger partial charge in [-0.15, -0.1) is 5.10 Å². The first kappa shape index (κ1) is 14.4. The number of carbonyl (C=O) groups excluding carboxylic acids is 1. The van der Waals surface area contributed by atoms with Crippen molar-refractivity contribution in [3.05, 3.63) is 70.3 Å². The minimum absolute atomic E-state index is 0.0489. The van der Waals surface area contributed by atoms with Crippen molar-refractivity contribution in [3.8, 4) is 11.5 Å². The largest absolute Gasteiger partial charge is 0.403 e. The van der Waals surface area contributed by atoms with Crippen molar-refractivity contribution in [1.29, 1.82) is 0 Å². The van der Waals surface area contributed by atoms with Crippen molar-refractivity contribution < 1.29 is 14.1 Å². The number of nitrogens with one attached hydrogen (secondary N) is 1. The van der Waals surface area contributed by atoms with Crippen molar-refractivity contribution in [1.82, 2.24) is 10.2 Å². The Morgan fingerprint density at radius 3 is 2.39 bits per heavy atom. The smallest absolute Gasteiger partial charge is 0.322 e. The highest BCUT2D eigenvalue weighted by Gasteiger charge is 2.14. The molecule has 0 aliphatic rings. The Morgan fingerprint density at radius 1 is 1.04 bits per heavy atom. The molecule has 0 spiro atoms. The molecule has 1 amide bonds. The number of non-ortho nitro benzene ring substituents is 1. The normalized spacial score (nSPS) is 10.3. The van der Waals surface area contributed by atoms with E-state index in [0.29, 0.717) is 0 Å². The predicted octanol–water partition coefficient (Wildman–Crippen LogP) is 2.90. The second-order valence-electron chi connectivity index (χ2n) is 4.54. The molecule has 0 saturated heterocycles. The number of hydrogen-bond donors (Lipinski definition) is 1. The highest BCUT2D eigenvalue weighted by atomic mass is 16.6. The maximum absolute atomic E-state index is 12.0. The van der Waals surface area contributed by atoms with Gasteiger partial charge in [0.1, 0.15) is 0 Å². The average Bonchev–Trinajstić information content (AvgIpc) is 3.04. The van der Waals surface area contributed by atoms with Crippen LogP contribution in [0.3, 0.4) is 0 Å². The van der Waals surface area contributed by atoms with E-state index in [4.69, 9.17) is 4.42 Å². The van der Waals surface area contributed by atoms with Gasteiger partial charge in [0.2, 0.25) is 5.89 Å². The fourth-order valence-corrected chi connectivity index (χ4v) is 1.87. The van der Waals surface area contributed by atoms with Gasteiger partial charge in [0.05, 0.1) is 4.92 Å². The van der Waals surface area contributed by atoms with Gasteiger partial charge in [-0.05, 0) is 24.3 Å². The van der Waals surface area contributed by atoms with Gasteiger partial charge < -0.3 is 4.42 Å². The summed E-state index contributed by atoms with van der Waals surface area (Å²) < 4.78 is 5.36. The molecule has 8 heteroatoms. The maximum atomic E-state index is 12.0. The number of benzene rings is 2. The Hall–Kier alpha value is -3.55. The highest BCUT2D eigenvalue weighted by molar-refractivity contribution is 6.03. The van der Waals surface area contributed by atoms with Crippen LogP contribution in [-0.2, 0) is 0 Å². The zero-order chi connectivity index (χ0) is 16.2. The number of carbonyl (C=O) groups is 1. The van der Waals surface area contributed by atoms with Crippen LogP contribution in [0.25, 0.3) is 11.5 Å². The fourth-order valence-electron chi connectivity index (χ4n) is 1.87. The molecule has 0 aliphatic carbocycles. The maximum Gasteiger partial charge on any atom is 0.322 e. The van der Waals surface area contributed by atoms with E-state index in [1.54, 1.807) is 12.1 Å². The summed E-state index contributed by atoms with van der Waals surface area (Å²) >= 11 is 0. The van der Waals surface area contributed by atoms with Crippen molar-refractivity contribution >= 4 is 17.6 Å². The molecule has 3 aromatic rings. The molecule has 114 valence electrons. The summed E-state index contributed by atoms with van der Waals surface area (Å²) in [6, 6.07) is 14.3. The Balaban J connectivity index is 1.73. The molecule has 0 bridgehead atoms. The monoisotopic (exact) mass is 310 g/mol. The third-order valence-corrected chi connectivity index (χ3v) is 3.01. The van der Waals surface area contributed by atoms with Gasteiger partial charge in [-0.2, -0.15) is 0 Å². The van der Waals surface area contributed by atoms with Crippen LogP contribution in [0.5, 0.6) is 0 Å². The predicted molar refractivity (Wildman–Crippen MR) is 80.8 cm³/mol. The van der Waals surface area contributed by atoms with Crippen LogP contribution in [0.1, 0.15) is 10.4 Å². The lowest BCUT2D eigenvalue weighted by Crippen LogP contribution is -2.12. The molecule has 1 aromatic heterocycles. The van der Waals surface area contributed by atoms with Gasteiger partial charge in [-0.25, -0.2) is 0 Å². The topological polar surface area (TPSA) is 111 Å². The molecule has 0 saturated carbocycles. The van der Waals surface area contributed by atoms with E-state index in [9.17, 15) is 14.9 Å². The number of aromatic nitrogens is 2. The lowest BCUT2D eigenvalue weighted by molar-refractivity contribution is -0.384. The van der Waals surface area contributed by atoms with Crippen LogP contribution in [0.4, 0.5) is 11.7 Å². The van der Waals surface area contributed by atoms with Gasteiger partial charge >= 0.3 is 6.01 Å². The molecule has 0 unspecified atom stereocenters. The minimum Gasteiger partial charge on any atom is -0.403 e. The molecule has 0 aliphatic heterocycles. The van der Waals surface area contributed by atoms with Crippen LogP contribution in [0, 0.1) is 10.1 Å². The number of rotatable bonds is 4. The zero-order valence-corrected chi connectivity index (χ0v) is 11.7. The third kappa shape index (κ3) is 3.21. The fraction of sp³-hybridized carbons (Fsp3) is 0. The second-order valence-corrected chi connectivity index (χ2v) is 4.54. The summed E-state index contributed by atoms with van der Waals surface area (Å²) in [5.41, 5.74) is 0.886. The molecule has 3 rings (SSSR count). The number of hydrogen-bond acceptors (Lipinski definition) is 6. The van der Waals surface area contributed by atoms with Gasteiger partial charge in [-0.3, -0.25) is 20.2 Å². The van der Waals surface area contributed by atoms with Crippen LogP contribution >= 0.6 is 0 Å². The molecule has 0 radical (unpaired) electrons. The molecule has 2 aromatic carbocycles. The highest BCUT2D eigenvalue weighted by Crippen LogP contribution is 2.19. The van der Waals surface area contributed by atoms with Gasteiger partial charge in [0.15, 0.2) is 0 Å². The summed E-state index contributed by atoms with van der Waals surface area (Å²) in [6.45, 7) is 0. The van der Waals surface area contributed by atoms with Crippen molar-refractivity contribution in [2.24, 2.45) is 0 Å². The standard InChI is InChI=1S/C15H10N4O4/c20-13(10-6-8-12(9-7-10)19(21)22)16-15-18-17-14(23-15)11-4-2-1-3-5-11/h1-9H,(H,16,18,20). The van der Waals surface area contributed by atoms with Crippen molar-refractivity contribution in [3.63, 3.8) is 0 Å². The SMILES string of the molecule is O=C(Nc1nnc(-c2ccccc2)o1)c1ccc([N+](=O)[O-])cc1. The van der Waals surface area contributed by atoms with Gasteiger partial charge in [0.25, 0.3) is 11.6 Å². The lowest BCUT2D eigenvalue weighted by atomic mass is 10.2. The summed E-state index contributed by atoms with van der Waals surface area (Å²) in [7, 11) is 0. The number of nitro groups is 1. The first-order valence-corrected chi connectivity index (χ1v) is 6.58. The van der Waals surface area contributed by atoms with E-state index in [2.05, 4.69) is 15.5 Å². The number of amides is 1. The molecule has 1 heterocycles. The molecule has 0 fully saturated rings. The van der Waals surface area contributed by atoms with E-state index >= 15 is 0 Å². The number of nitrogens with zero attached hydrogens (tertiary/aromatic N) is 3. The summed E-state index contributed by atoms with van der Waals surface area (Å²) in [4.78, 5) is 22.1. The molecular formula is C15H10N4O4. The van der Waals surface area contributed by atoms with E-state index in [1.165, 1.54) is 24.3 Å². The first-order valence-electron chi connectivity index (χ1n) is 6.58. The summed E-state index contributed by atoms with van der Waals surface area (Å²) in [5, 5.41) is 20.6. The average molecular weight is 310 g/mol. The number of anilines is 1. The van der Waals surface area contributed by atoms with E-state index in [0.717, 1.165) is 5.56 Å². The van der Waals surface area contributed by atoms with Crippen LogP contribution in [-0.4, -0.2) is 21.0 Å². The Kier molecular flexibility index (Phi) is 3.79. The first-order chi connectivity index (χ1) is 11.1.